The van der Waals surface area contributed by atoms with Crippen LogP contribution < -0.4 is 5.32 Å². The Morgan fingerprint density at radius 2 is 1.67 bits per heavy atom. The smallest absolute Gasteiger partial charge is 0.419 e. The zero-order chi connectivity index (χ0) is 24.3. The van der Waals surface area contributed by atoms with Crippen LogP contribution in [0.1, 0.15) is 48.5 Å². The third-order valence-electron chi connectivity index (χ3n) is 4.58. The lowest BCUT2D eigenvalue weighted by atomic mass is 10.1. The highest BCUT2D eigenvalue weighted by Gasteiger charge is 2.31. The normalized spacial score (nSPS) is 11.3. The second kappa shape index (κ2) is 9.85. The molecule has 3 aromatic rings. The van der Waals surface area contributed by atoms with Crippen LogP contribution in [0.3, 0.4) is 0 Å². The van der Waals surface area contributed by atoms with Gasteiger partial charge in [0.2, 0.25) is 0 Å². The van der Waals surface area contributed by atoms with Crippen LogP contribution in [-0.4, -0.2) is 41.2 Å². The van der Waals surface area contributed by atoms with Gasteiger partial charge in [0, 0.05) is 10.9 Å². The summed E-state index contributed by atoms with van der Waals surface area (Å²) in [5.41, 5.74) is 0.0700. The van der Waals surface area contributed by atoms with Crippen molar-refractivity contribution in [2.45, 2.75) is 33.3 Å². The highest BCUT2D eigenvalue weighted by molar-refractivity contribution is 6.43. The molecule has 0 unspecified atom stereocenters. The number of aromatic nitrogens is 1. The van der Waals surface area contributed by atoms with Gasteiger partial charge in [0.05, 0.1) is 34.4 Å². The van der Waals surface area contributed by atoms with Crippen LogP contribution in [0.4, 0.5) is 10.5 Å². The number of hydrogen-bond donors (Lipinski definition) is 1. The molecule has 0 radical (unpaired) electrons. The second-order valence-corrected chi connectivity index (χ2v) is 9.00. The fourth-order valence-corrected chi connectivity index (χ4v) is 3.57. The molecular formula is C24H24Cl2N2O5. The first kappa shape index (κ1) is 24.6. The maximum atomic E-state index is 13.1. The molecule has 0 spiro atoms. The first-order valence-electron chi connectivity index (χ1n) is 10.3. The van der Waals surface area contributed by atoms with Crippen LogP contribution in [-0.2, 0) is 9.47 Å². The van der Waals surface area contributed by atoms with Crippen LogP contribution in [0.15, 0.2) is 42.5 Å². The van der Waals surface area contributed by atoms with Gasteiger partial charge in [-0.15, -0.1) is 0 Å². The number of nitrogens with zero attached hydrogens (tertiary/aromatic N) is 1. The van der Waals surface area contributed by atoms with Crippen molar-refractivity contribution in [1.82, 2.24) is 4.57 Å². The zero-order valence-corrected chi connectivity index (χ0v) is 20.2. The predicted octanol–water partition coefficient (Wildman–Crippen LogP) is 6.20. The average Bonchev–Trinajstić information content (AvgIpc) is 3.05. The van der Waals surface area contributed by atoms with E-state index >= 15 is 0 Å². The molecule has 33 heavy (non-hydrogen) atoms. The number of carbonyl (C=O) groups is 3. The van der Waals surface area contributed by atoms with Gasteiger partial charge in [-0.25, -0.2) is 14.2 Å². The Bertz CT molecular complexity index is 1210. The zero-order valence-electron chi connectivity index (χ0n) is 18.7. The number of hydrogen-bond acceptors (Lipinski definition) is 6. The Morgan fingerprint density at radius 3 is 2.27 bits per heavy atom. The van der Waals surface area contributed by atoms with E-state index in [4.69, 9.17) is 32.7 Å². The van der Waals surface area contributed by atoms with Gasteiger partial charge in [0.1, 0.15) is 5.60 Å². The third kappa shape index (κ3) is 5.49. The van der Waals surface area contributed by atoms with Crippen molar-refractivity contribution in [2.24, 2.45) is 0 Å². The average molecular weight is 491 g/mol. The monoisotopic (exact) mass is 490 g/mol. The summed E-state index contributed by atoms with van der Waals surface area (Å²) in [5, 5.41) is 3.82. The fourth-order valence-electron chi connectivity index (χ4n) is 3.25. The standard InChI is InChI=1S/C24H24Cl2N2O5/c1-5-32-22(30)21-20(27-13-19(29)14-9-7-6-8-10-14)15-11-16(25)17(26)12-18(15)28(21)23(31)33-24(2,3)4/h6-12,27H,5,13H2,1-4H3. The van der Waals surface area contributed by atoms with Crippen LogP contribution in [0, 0.1) is 0 Å². The molecule has 0 aliphatic carbocycles. The molecule has 1 aromatic heterocycles. The summed E-state index contributed by atoms with van der Waals surface area (Å²) >= 11 is 12.5. The van der Waals surface area contributed by atoms with E-state index < -0.39 is 17.7 Å². The van der Waals surface area contributed by atoms with Crippen LogP contribution in [0.2, 0.25) is 10.0 Å². The molecule has 1 N–H and O–H groups in total. The number of Topliss-reactive ketones (excluding diaryl/α,β-unsaturated/α-hetero) is 1. The van der Waals surface area contributed by atoms with Crippen molar-refractivity contribution in [3.05, 3.63) is 63.8 Å². The van der Waals surface area contributed by atoms with Crippen molar-refractivity contribution >= 4 is 57.6 Å². The van der Waals surface area contributed by atoms with E-state index in [1.54, 1.807) is 52.0 Å². The lowest BCUT2D eigenvalue weighted by molar-refractivity contribution is 0.0455. The largest absolute Gasteiger partial charge is 0.461 e. The first-order valence-corrected chi connectivity index (χ1v) is 11.0. The number of nitrogens with one attached hydrogen (secondary N) is 1. The van der Waals surface area contributed by atoms with E-state index in [-0.39, 0.29) is 45.9 Å². The Labute approximate surface area is 201 Å². The number of carbonyl (C=O) groups excluding carboxylic acids is 3. The van der Waals surface area contributed by atoms with Crippen LogP contribution in [0.5, 0.6) is 0 Å². The molecule has 9 heteroatoms. The molecule has 7 nitrogen and oxygen atoms in total. The minimum Gasteiger partial charge on any atom is -0.461 e. The number of esters is 1. The Kier molecular flexibility index (Phi) is 7.34. The maximum absolute atomic E-state index is 13.1. The Morgan fingerprint density at radius 1 is 1.03 bits per heavy atom. The number of anilines is 1. The maximum Gasteiger partial charge on any atom is 0.419 e. The molecule has 0 fully saturated rings. The topological polar surface area (TPSA) is 86.6 Å². The number of ketones is 1. The first-order chi connectivity index (χ1) is 15.5. The Hall–Kier alpha value is -3.03. The quantitative estimate of drug-likeness (QED) is 0.326. The van der Waals surface area contributed by atoms with Gasteiger partial charge in [-0.05, 0) is 39.8 Å². The summed E-state index contributed by atoms with van der Waals surface area (Å²) in [5.74, 6) is -0.967. The van der Waals surface area contributed by atoms with Gasteiger partial charge in [-0.3, -0.25) is 4.79 Å². The van der Waals surface area contributed by atoms with Crippen molar-refractivity contribution in [3.63, 3.8) is 0 Å². The summed E-state index contributed by atoms with van der Waals surface area (Å²) in [6.07, 6.45) is -0.795. The molecule has 3 rings (SSSR count). The number of fused-ring (bicyclic) bond motifs is 1. The predicted molar refractivity (Wildman–Crippen MR) is 129 cm³/mol. The van der Waals surface area contributed by atoms with Crippen molar-refractivity contribution in [1.29, 1.82) is 0 Å². The molecule has 0 aliphatic rings. The molecule has 0 bridgehead atoms. The highest BCUT2D eigenvalue weighted by atomic mass is 35.5. The highest BCUT2D eigenvalue weighted by Crippen LogP contribution is 2.37. The van der Waals surface area contributed by atoms with Gasteiger partial charge in [-0.1, -0.05) is 53.5 Å². The van der Waals surface area contributed by atoms with Gasteiger partial charge in [-0.2, -0.15) is 0 Å². The van der Waals surface area contributed by atoms with Crippen molar-refractivity contribution in [2.75, 3.05) is 18.5 Å². The lowest BCUT2D eigenvalue weighted by Gasteiger charge is -2.21. The number of benzene rings is 2. The minimum atomic E-state index is -0.827. The van der Waals surface area contributed by atoms with Crippen LogP contribution in [0.25, 0.3) is 10.9 Å². The SMILES string of the molecule is CCOC(=O)c1c(NCC(=O)c2ccccc2)c2cc(Cl)c(Cl)cc2n1C(=O)OC(C)(C)C. The molecular weight excluding hydrogens is 467 g/mol. The lowest BCUT2D eigenvalue weighted by Crippen LogP contribution is -2.29. The molecule has 2 aromatic carbocycles. The van der Waals surface area contributed by atoms with Crippen LogP contribution >= 0.6 is 23.2 Å². The van der Waals surface area contributed by atoms with Gasteiger partial charge >= 0.3 is 12.1 Å². The van der Waals surface area contributed by atoms with E-state index in [0.29, 0.717) is 10.9 Å². The molecule has 1 heterocycles. The summed E-state index contributed by atoms with van der Waals surface area (Å²) in [6.45, 7) is 6.73. The van der Waals surface area contributed by atoms with E-state index in [0.717, 1.165) is 4.57 Å². The van der Waals surface area contributed by atoms with E-state index in [1.807, 2.05) is 6.07 Å². The Balaban J connectivity index is 2.18. The molecule has 0 amide bonds. The summed E-state index contributed by atoms with van der Waals surface area (Å²) in [4.78, 5) is 38.8. The molecule has 0 saturated heterocycles. The number of rotatable bonds is 6. The van der Waals surface area contributed by atoms with Gasteiger partial charge < -0.3 is 14.8 Å². The minimum absolute atomic E-state index is 0.0819. The van der Waals surface area contributed by atoms with Crippen molar-refractivity contribution in [3.8, 4) is 0 Å². The number of ether oxygens (including phenoxy) is 2. The molecule has 174 valence electrons. The number of halogens is 2. The fraction of sp³-hybridized carbons (Fsp3) is 0.292. The molecule has 0 saturated carbocycles. The molecule has 0 atom stereocenters. The summed E-state index contributed by atoms with van der Waals surface area (Å²) in [6, 6.07) is 11.7. The second-order valence-electron chi connectivity index (χ2n) is 8.19. The van der Waals surface area contributed by atoms with E-state index in [9.17, 15) is 14.4 Å². The van der Waals surface area contributed by atoms with E-state index in [2.05, 4.69) is 5.32 Å². The summed E-state index contributed by atoms with van der Waals surface area (Å²) < 4.78 is 11.8. The van der Waals surface area contributed by atoms with E-state index in [1.165, 1.54) is 12.1 Å². The molecule has 0 aliphatic heterocycles. The van der Waals surface area contributed by atoms with Gasteiger partial charge in [0.15, 0.2) is 11.5 Å². The van der Waals surface area contributed by atoms with Gasteiger partial charge in [0.25, 0.3) is 0 Å². The summed E-state index contributed by atoms with van der Waals surface area (Å²) in [7, 11) is 0. The van der Waals surface area contributed by atoms with Crippen molar-refractivity contribution < 1.29 is 23.9 Å². The third-order valence-corrected chi connectivity index (χ3v) is 5.30.